The molecule has 1 rings (SSSR count). The molecular weight excluding hydrogens is 212 g/mol. The molecule has 3 unspecified atom stereocenters. The average Bonchev–Trinajstić information content (AvgIpc) is 2.75. The van der Waals surface area contributed by atoms with Gasteiger partial charge in [0.25, 0.3) is 0 Å². The van der Waals surface area contributed by atoms with Crippen LogP contribution in [0.15, 0.2) is 0 Å². The molecule has 1 heterocycles. The van der Waals surface area contributed by atoms with Gasteiger partial charge in [0.2, 0.25) is 0 Å². The lowest BCUT2D eigenvalue weighted by Gasteiger charge is -2.27. The molecule has 1 saturated heterocycles. The molecule has 3 nitrogen and oxygen atoms in total. The van der Waals surface area contributed by atoms with Gasteiger partial charge in [0.05, 0.1) is 6.61 Å². The largest absolute Gasteiger partial charge is 0.381 e. The van der Waals surface area contributed by atoms with E-state index in [0.29, 0.717) is 23.3 Å². The summed E-state index contributed by atoms with van der Waals surface area (Å²) < 4.78 is 5.43. The smallest absolute Gasteiger partial charge is 0.0509 e. The fourth-order valence-corrected chi connectivity index (χ4v) is 2.57. The van der Waals surface area contributed by atoms with E-state index in [0.717, 1.165) is 26.3 Å². The second-order valence-corrected chi connectivity index (χ2v) is 6.69. The van der Waals surface area contributed by atoms with Gasteiger partial charge in [0.1, 0.15) is 0 Å². The molecule has 0 spiro atoms. The van der Waals surface area contributed by atoms with Crippen LogP contribution in [-0.4, -0.2) is 32.3 Å². The van der Waals surface area contributed by atoms with Crippen LogP contribution >= 0.6 is 0 Å². The first-order chi connectivity index (χ1) is 7.92. The molecule has 0 aliphatic carbocycles. The Morgan fingerprint density at radius 2 is 2.12 bits per heavy atom. The quantitative estimate of drug-likeness (QED) is 0.749. The average molecular weight is 242 g/mol. The third-order valence-electron chi connectivity index (χ3n) is 3.63. The molecular formula is C14H30N2O. The summed E-state index contributed by atoms with van der Waals surface area (Å²) in [5, 5.41) is 3.64. The van der Waals surface area contributed by atoms with Crippen molar-refractivity contribution in [3.63, 3.8) is 0 Å². The highest BCUT2D eigenvalue weighted by Gasteiger charge is 2.23. The molecule has 3 atom stereocenters. The van der Waals surface area contributed by atoms with E-state index in [1.165, 1.54) is 12.8 Å². The highest BCUT2D eigenvalue weighted by atomic mass is 16.5. The van der Waals surface area contributed by atoms with Crippen molar-refractivity contribution < 1.29 is 4.74 Å². The molecule has 1 aliphatic heterocycles. The van der Waals surface area contributed by atoms with Crippen LogP contribution in [0.5, 0.6) is 0 Å². The Morgan fingerprint density at radius 3 is 2.59 bits per heavy atom. The van der Waals surface area contributed by atoms with Crippen molar-refractivity contribution in [2.75, 3.05) is 26.3 Å². The van der Waals surface area contributed by atoms with Crippen molar-refractivity contribution in [3.8, 4) is 0 Å². The molecule has 0 saturated carbocycles. The van der Waals surface area contributed by atoms with Gasteiger partial charge in [-0.15, -0.1) is 0 Å². The third-order valence-corrected chi connectivity index (χ3v) is 3.63. The van der Waals surface area contributed by atoms with E-state index in [2.05, 4.69) is 33.0 Å². The highest BCUT2D eigenvalue weighted by molar-refractivity contribution is 4.78. The number of hydrogen-bond donors (Lipinski definition) is 2. The van der Waals surface area contributed by atoms with Crippen LogP contribution in [0.4, 0.5) is 0 Å². The Hall–Kier alpha value is -0.120. The van der Waals surface area contributed by atoms with Crippen LogP contribution in [0, 0.1) is 17.3 Å². The first-order valence-electron chi connectivity index (χ1n) is 6.93. The summed E-state index contributed by atoms with van der Waals surface area (Å²) in [4.78, 5) is 0. The number of rotatable bonds is 6. The van der Waals surface area contributed by atoms with Crippen molar-refractivity contribution in [1.82, 2.24) is 5.32 Å². The third kappa shape index (κ3) is 5.84. The van der Waals surface area contributed by atoms with Crippen molar-refractivity contribution >= 4 is 0 Å². The molecule has 0 radical (unpaired) electrons. The Balaban J connectivity index is 2.26. The van der Waals surface area contributed by atoms with Crippen LogP contribution in [0.1, 0.15) is 40.5 Å². The number of nitrogens with one attached hydrogen (secondary N) is 1. The van der Waals surface area contributed by atoms with Crippen LogP contribution < -0.4 is 11.1 Å². The fourth-order valence-electron chi connectivity index (χ4n) is 2.57. The lowest BCUT2D eigenvalue weighted by Crippen LogP contribution is -2.39. The standard InChI is InChI=1S/C14H30N2O/c1-11(13-5-6-17-10-13)16-9-12(8-15)7-14(2,3)4/h11-13,16H,5-10,15H2,1-4H3. The second kappa shape index (κ2) is 6.72. The lowest BCUT2D eigenvalue weighted by atomic mass is 9.84. The Morgan fingerprint density at radius 1 is 1.41 bits per heavy atom. The van der Waals surface area contributed by atoms with Gasteiger partial charge < -0.3 is 15.8 Å². The second-order valence-electron chi connectivity index (χ2n) is 6.69. The zero-order valence-electron chi connectivity index (χ0n) is 12.0. The number of ether oxygens (including phenoxy) is 1. The van der Waals surface area contributed by atoms with Gasteiger partial charge in [-0.05, 0) is 50.1 Å². The van der Waals surface area contributed by atoms with E-state index in [1.807, 2.05) is 0 Å². The normalized spacial score (nSPS) is 24.9. The molecule has 0 bridgehead atoms. The van der Waals surface area contributed by atoms with Gasteiger partial charge in [-0.2, -0.15) is 0 Å². The number of nitrogens with two attached hydrogens (primary N) is 1. The van der Waals surface area contributed by atoms with Crippen LogP contribution in [-0.2, 0) is 4.74 Å². The number of hydrogen-bond acceptors (Lipinski definition) is 3. The molecule has 102 valence electrons. The van der Waals surface area contributed by atoms with Gasteiger partial charge in [-0.3, -0.25) is 0 Å². The molecule has 3 N–H and O–H groups in total. The predicted octanol–water partition coefficient (Wildman–Crippen LogP) is 2.01. The first-order valence-corrected chi connectivity index (χ1v) is 6.93. The summed E-state index contributed by atoms with van der Waals surface area (Å²) in [6.07, 6.45) is 2.38. The molecule has 0 amide bonds. The van der Waals surface area contributed by atoms with E-state index in [-0.39, 0.29) is 0 Å². The lowest BCUT2D eigenvalue weighted by molar-refractivity contribution is 0.176. The van der Waals surface area contributed by atoms with E-state index in [1.54, 1.807) is 0 Å². The van der Waals surface area contributed by atoms with Crippen LogP contribution in [0.3, 0.4) is 0 Å². The van der Waals surface area contributed by atoms with Gasteiger partial charge in [-0.1, -0.05) is 20.8 Å². The monoisotopic (exact) mass is 242 g/mol. The maximum absolute atomic E-state index is 5.85. The van der Waals surface area contributed by atoms with E-state index in [4.69, 9.17) is 10.5 Å². The Labute approximate surface area is 106 Å². The SMILES string of the molecule is CC(NCC(CN)CC(C)(C)C)C1CCOC1. The predicted molar refractivity (Wildman–Crippen MR) is 73.0 cm³/mol. The van der Waals surface area contributed by atoms with Gasteiger partial charge in [0, 0.05) is 12.6 Å². The van der Waals surface area contributed by atoms with Gasteiger partial charge in [0.15, 0.2) is 0 Å². The van der Waals surface area contributed by atoms with Gasteiger partial charge in [-0.25, -0.2) is 0 Å². The molecule has 0 aromatic carbocycles. The minimum atomic E-state index is 0.366. The van der Waals surface area contributed by atoms with Crippen molar-refractivity contribution in [3.05, 3.63) is 0 Å². The van der Waals surface area contributed by atoms with Crippen molar-refractivity contribution in [2.24, 2.45) is 23.0 Å². The Bertz CT molecular complexity index is 207. The summed E-state index contributed by atoms with van der Waals surface area (Å²) in [6.45, 7) is 12.8. The summed E-state index contributed by atoms with van der Waals surface area (Å²) >= 11 is 0. The van der Waals surface area contributed by atoms with E-state index < -0.39 is 0 Å². The minimum Gasteiger partial charge on any atom is -0.381 e. The topological polar surface area (TPSA) is 47.3 Å². The summed E-state index contributed by atoms with van der Waals surface area (Å²) in [5.41, 5.74) is 6.22. The first kappa shape index (κ1) is 14.9. The molecule has 1 fully saturated rings. The Kier molecular flexibility index (Phi) is 5.90. The molecule has 17 heavy (non-hydrogen) atoms. The fraction of sp³-hybridized carbons (Fsp3) is 1.00. The van der Waals surface area contributed by atoms with Crippen molar-refractivity contribution in [1.29, 1.82) is 0 Å². The summed E-state index contributed by atoms with van der Waals surface area (Å²) in [6, 6.07) is 0.548. The zero-order valence-corrected chi connectivity index (χ0v) is 12.0. The van der Waals surface area contributed by atoms with E-state index in [9.17, 15) is 0 Å². The van der Waals surface area contributed by atoms with E-state index >= 15 is 0 Å². The zero-order chi connectivity index (χ0) is 12.9. The molecule has 3 heteroatoms. The maximum Gasteiger partial charge on any atom is 0.0509 e. The summed E-state index contributed by atoms with van der Waals surface area (Å²) in [5.74, 6) is 1.27. The summed E-state index contributed by atoms with van der Waals surface area (Å²) in [7, 11) is 0. The highest BCUT2D eigenvalue weighted by Crippen LogP contribution is 2.24. The van der Waals surface area contributed by atoms with Crippen molar-refractivity contribution in [2.45, 2.75) is 46.6 Å². The maximum atomic E-state index is 5.85. The van der Waals surface area contributed by atoms with Crippen LogP contribution in [0.2, 0.25) is 0 Å². The minimum absolute atomic E-state index is 0.366. The molecule has 0 aromatic heterocycles. The molecule has 1 aliphatic rings. The van der Waals surface area contributed by atoms with Gasteiger partial charge >= 0.3 is 0 Å². The molecule has 0 aromatic rings. The van der Waals surface area contributed by atoms with Crippen LogP contribution in [0.25, 0.3) is 0 Å².